The Bertz CT molecular complexity index is 773. The Labute approximate surface area is 129 Å². The van der Waals surface area contributed by atoms with Crippen LogP contribution in [0.4, 0.5) is 5.69 Å². The minimum Gasteiger partial charge on any atom is -0.321 e. The summed E-state index contributed by atoms with van der Waals surface area (Å²) >= 11 is 3.25. The van der Waals surface area contributed by atoms with Gasteiger partial charge in [0.1, 0.15) is 23.0 Å². The molecule has 6 nitrogen and oxygen atoms in total. The van der Waals surface area contributed by atoms with Gasteiger partial charge in [0, 0.05) is 5.69 Å². The molecule has 0 aliphatic carbocycles. The van der Waals surface area contributed by atoms with Crippen LogP contribution in [0.5, 0.6) is 0 Å². The zero-order chi connectivity index (χ0) is 14.7. The normalized spacial score (nSPS) is 10.3. The van der Waals surface area contributed by atoms with Gasteiger partial charge in [-0.25, -0.2) is 4.98 Å². The molecule has 2 heterocycles. The summed E-state index contributed by atoms with van der Waals surface area (Å²) in [5.41, 5.74) is 1.88. The van der Waals surface area contributed by atoms with E-state index in [2.05, 4.69) is 36.4 Å². The molecule has 0 aliphatic rings. The second-order valence-electron chi connectivity index (χ2n) is 4.22. The minimum absolute atomic E-state index is 0.266. The van der Waals surface area contributed by atoms with Crippen LogP contribution in [0.2, 0.25) is 0 Å². The molecule has 104 valence electrons. The molecule has 2 aromatic heterocycles. The van der Waals surface area contributed by atoms with Gasteiger partial charge in [-0.15, -0.1) is 10.2 Å². The monoisotopic (exact) mass is 343 g/mol. The van der Waals surface area contributed by atoms with Gasteiger partial charge in [0.25, 0.3) is 5.91 Å². The molecule has 3 aromatic rings. The van der Waals surface area contributed by atoms with Crippen molar-refractivity contribution in [2.45, 2.75) is 0 Å². The smallest absolute Gasteiger partial charge is 0.274 e. The fourth-order valence-corrected chi connectivity index (χ4v) is 2.15. The summed E-state index contributed by atoms with van der Waals surface area (Å²) < 4.78 is 2.38. The zero-order valence-corrected chi connectivity index (χ0v) is 12.4. The molecular weight excluding hydrogens is 334 g/mol. The maximum Gasteiger partial charge on any atom is 0.274 e. The third kappa shape index (κ3) is 3.14. The Morgan fingerprint density at radius 3 is 2.62 bits per heavy atom. The lowest BCUT2D eigenvalue weighted by Gasteiger charge is -2.07. The number of pyridine rings is 1. The second-order valence-corrected chi connectivity index (χ2v) is 5.03. The van der Waals surface area contributed by atoms with E-state index in [4.69, 9.17) is 0 Å². The first kappa shape index (κ1) is 13.4. The number of amides is 1. The highest BCUT2D eigenvalue weighted by molar-refractivity contribution is 9.10. The number of hydrogen-bond acceptors (Lipinski definition) is 4. The Morgan fingerprint density at radius 2 is 1.86 bits per heavy atom. The van der Waals surface area contributed by atoms with Gasteiger partial charge >= 0.3 is 0 Å². The van der Waals surface area contributed by atoms with Crippen molar-refractivity contribution in [1.82, 2.24) is 19.7 Å². The van der Waals surface area contributed by atoms with Crippen molar-refractivity contribution in [2.24, 2.45) is 0 Å². The van der Waals surface area contributed by atoms with Gasteiger partial charge < -0.3 is 5.32 Å². The van der Waals surface area contributed by atoms with Crippen LogP contribution in [-0.4, -0.2) is 25.7 Å². The van der Waals surface area contributed by atoms with Gasteiger partial charge in [-0.3, -0.25) is 9.36 Å². The molecule has 0 saturated heterocycles. The molecule has 0 spiro atoms. The molecule has 0 unspecified atom stereocenters. The SMILES string of the molecule is O=C(Nc1cccc(-n2cnnc2)c1)c1cccc(Br)n1. The average molecular weight is 344 g/mol. The number of hydrogen-bond donors (Lipinski definition) is 1. The average Bonchev–Trinajstić information content (AvgIpc) is 3.02. The van der Waals surface area contributed by atoms with E-state index in [-0.39, 0.29) is 5.91 Å². The highest BCUT2D eigenvalue weighted by Crippen LogP contribution is 2.15. The maximum atomic E-state index is 12.1. The van der Waals surface area contributed by atoms with Crippen molar-refractivity contribution in [1.29, 1.82) is 0 Å². The predicted octanol–water partition coefficient (Wildman–Crippen LogP) is 2.68. The molecule has 0 atom stereocenters. The maximum absolute atomic E-state index is 12.1. The first-order valence-electron chi connectivity index (χ1n) is 6.11. The van der Waals surface area contributed by atoms with Crippen LogP contribution >= 0.6 is 15.9 Å². The summed E-state index contributed by atoms with van der Waals surface area (Å²) in [4.78, 5) is 16.3. The number of carbonyl (C=O) groups is 1. The number of nitrogens with one attached hydrogen (secondary N) is 1. The number of aromatic nitrogens is 4. The summed E-state index contributed by atoms with van der Waals surface area (Å²) in [6.07, 6.45) is 3.19. The summed E-state index contributed by atoms with van der Waals surface area (Å²) in [6, 6.07) is 12.6. The van der Waals surface area contributed by atoms with E-state index in [1.165, 1.54) is 0 Å². The lowest BCUT2D eigenvalue weighted by molar-refractivity contribution is 0.102. The van der Waals surface area contributed by atoms with E-state index in [0.717, 1.165) is 5.69 Å². The lowest BCUT2D eigenvalue weighted by atomic mass is 10.2. The van der Waals surface area contributed by atoms with Crippen molar-refractivity contribution in [3.05, 3.63) is 65.4 Å². The van der Waals surface area contributed by atoms with Gasteiger partial charge in [0.2, 0.25) is 0 Å². The number of halogens is 1. The van der Waals surface area contributed by atoms with E-state index in [1.54, 1.807) is 35.4 Å². The third-order valence-electron chi connectivity index (χ3n) is 2.77. The summed E-state index contributed by atoms with van der Waals surface area (Å²) in [7, 11) is 0. The van der Waals surface area contributed by atoms with Crippen LogP contribution in [0.15, 0.2) is 59.7 Å². The van der Waals surface area contributed by atoms with Gasteiger partial charge in [-0.05, 0) is 46.3 Å². The van der Waals surface area contributed by atoms with E-state index >= 15 is 0 Å². The van der Waals surface area contributed by atoms with Crippen LogP contribution in [0.1, 0.15) is 10.5 Å². The van der Waals surface area contributed by atoms with E-state index in [0.29, 0.717) is 16.0 Å². The third-order valence-corrected chi connectivity index (χ3v) is 3.21. The second kappa shape index (κ2) is 5.84. The van der Waals surface area contributed by atoms with E-state index in [9.17, 15) is 4.79 Å². The lowest BCUT2D eigenvalue weighted by Crippen LogP contribution is -2.13. The minimum atomic E-state index is -0.266. The topological polar surface area (TPSA) is 72.7 Å². The van der Waals surface area contributed by atoms with Gasteiger partial charge in [0.05, 0.1) is 5.69 Å². The quantitative estimate of drug-likeness (QED) is 0.742. The molecule has 1 N–H and O–H groups in total. The number of anilines is 1. The van der Waals surface area contributed by atoms with Crippen molar-refractivity contribution in [2.75, 3.05) is 5.32 Å². The van der Waals surface area contributed by atoms with Crippen molar-refractivity contribution in [3.63, 3.8) is 0 Å². The van der Waals surface area contributed by atoms with Gasteiger partial charge in [-0.1, -0.05) is 12.1 Å². The predicted molar refractivity (Wildman–Crippen MR) is 81.2 cm³/mol. The van der Waals surface area contributed by atoms with Gasteiger partial charge in [0.15, 0.2) is 0 Å². The van der Waals surface area contributed by atoms with Crippen LogP contribution in [0, 0.1) is 0 Å². The summed E-state index contributed by atoms with van der Waals surface area (Å²) in [5, 5.41) is 10.3. The van der Waals surface area contributed by atoms with Gasteiger partial charge in [-0.2, -0.15) is 0 Å². The number of carbonyl (C=O) groups excluding carboxylic acids is 1. The molecule has 1 aromatic carbocycles. The molecule has 21 heavy (non-hydrogen) atoms. The molecule has 0 aliphatic heterocycles. The van der Waals surface area contributed by atoms with Crippen LogP contribution in [0.3, 0.4) is 0 Å². The highest BCUT2D eigenvalue weighted by atomic mass is 79.9. The summed E-state index contributed by atoms with van der Waals surface area (Å²) in [5.74, 6) is -0.266. The Morgan fingerprint density at radius 1 is 1.10 bits per heavy atom. The van der Waals surface area contributed by atoms with Crippen LogP contribution in [-0.2, 0) is 0 Å². The first-order valence-corrected chi connectivity index (χ1v) is 6.91. The molecule has 1 amide bonds. The molecule has 0 saturated carbocycles. The van der Waals surface area contributed by atoms with E-state index in [1.807, 2.05) is 24.3 Å². The fourth-order valence-electron chi connectivity index (χ4n) is 1.81. The molecular formula is C14H10BrN5O. The standard InChI is InChI=1S/C14H10BrN5O/c15-13-6-2-5-12(19-13)14(21)18-10-3-1-4-11(7-10)20-8-16-17-9-20/h1-9H,(H,18,21). The van der Waals surface area contributed by atoms with Crippen molar-refractivity contribution >= 4 is 27.5 Å². The van der Waals surface area contributed by atoms with E-state index < -0.39 is 0 Å². The van der Waals surface area contributed by atoms with Crippen LogP contribution < -0.4 is 5.32 Å². The molecule has 0 radical (unpaired) electrons. The molecule has 3 rings (SSSR count). The highest BCUT2D eigenvalue weighted by Gasteiger charge is 2.08. The number of rotatable bonds is 3. The largest absolute Gasteiger partial charge is 0.321 e. The van der Waals surface area contributed by atoms with Crippen LogP contribution in [0.25, 0.3) is 5.69 Å². The zero-order valence-electron chi connectivity index (χ0n) is 10.8. The Kier molecular flexibility index (Phi) is 3.74. The molecule has 0 bridgehead atoms. The Balaban J connectivity index is 1.82. The number of benzene rings is 1. The molecule has 0 fully saturated rings. The fraction of sp³-hybridized carbons (Fsp3) is 0. The molecule has 7 heteroatoms. The van der Waals surface area contributed by atoms with Crippen molar-refractivity contribution in [3.8, 4) is 5.69 Å². The summed E-state index contributed by atoms with van der Waals surface area (Å²) in [6.45, 7) is 0. The van der Waals surface area contributed by atoms with Crippen molar-refractivity contribution < 1.29 is 4.79 Å². The Hall–Kier alpha value is -2.54. The first-order chi connectivity index (χ1) is 10.2. The number of nitrogens with zero attached hydrogens (tertiary/aromatic N) is 4.